The van der Waals surface area contributed by atoms with Crippen molar-refractivity contribution in [1.82, 2.24) is 14.9 Å². The Hall–Kier alpha value is -2.50. The lowest BCUT2D eigenvalue weighted by atomic mass is 10.2. The third-order valence-electron chi connectivity index (χ3n) is 2.48. The van der Waals surface area contributed by atoms with Crippen molar-refractivity contribution >= 4 is 15.7 Å². The summed E-state index contributed by atoms with van der Waals surface area (Å²) >= 11 is 0. The Morgan fingerprint density at radius 1 is 1.35 bits per heavy atom. The topological polar surface area (TPSA) is 122 Å². The molecule has 0 radical (unpaired) electrons. The van der Waals surface area contributed by atoms with Crippen LogP contribution in [0.5, 0.6) is 0 Å². The zero-order chi connectivity index (χ0) is 14.6. The number of anilines is 1. The lowest BCUT2D eigenvalue weighted by Gasteiger charge is -2.08. The molecule has 1 aromatic heterocycles. The Kier molecular flexibility index (Phi) is 3.93. The Bertz CT molecular complexity index is 753. The third kappa shape index (κ3) is 3.09. The number of hydrogen-bond donors (Lipinski definition) is 2. The first kappa shape index (κ1) is 13.9. The molecule has 2 aromatic rings. The molecule has 1 heterocycles. The Balaban J connectivity index is 2.25. The van der Waals surface area contributed by atoms with E-state index in [0.29, 0.717) is 11.4 Å². The van der Waals surface area contributed by atoms with Gasteiger partial charge in [-0.15, -0.1) is 0 Å². The fraction of sp³-hybridized carbons (Fsp3) is 0.0833. The van der Waals surface area contributed by atoms with Gasteiger partial charge < -0.3 is 5.73 Å². The van der Waals surface area contributed by atoms with E-state index < -0.39 is 10.0 Å². The molecule has 0 bridgehead atoms. The minimum absolute atomic E-state index is 0.00311. The minimum atomic E-state index is -3.81. The number of benzene rings is 1. The van der Waals surface area contributed by atoms with Crippen LogP contribution in [-0.2, 0) is 16.6 Å². The van der Waals surface area contributed by atoms with Crippen LogP contribution in [0.4, 0.5) is 5.69 Å². The average Bonchev–Trinajstić information content (AvgIpc) is 2.46. The zero-order valence-electron chi connectivity index (χ0n) is 10.3. The van der Waals surface area contributed by atoms with Gasteiger partial charge in [0.2, 0.25) is 10.0 Å². The summed E-state index contributed by atoms with van der Waals surface area (Å²) in [5.41, 5.74) is 6.33. The molecule has 8 heteroatoms. The number of nitriles is 1. The predicted octanol–water partition coefficient (Wildman–Crippen LogP) is 0.409. The molecule has 102 valence electrons. The molecular weight excluding hydrogens is 278 g/mol. The molecule has 0 unspecified atom stereocenters. The smallest absolute Gasteiger partial charge is 0.242 e. The quantitative estimate of drug-likeness (QED) is 0.786. The summed E-state index contributed by atoms with van der Waals surface area (Å²) < 4.78 is 26.7. The molecule has 0 amide bonds. The van der Waals surface area contributed by atoms with Gasteiger partial charge >= 0.3 is 0 Å². The summed E-state index contributed by atoms with van der Waals surface area (Å²) in [7, 11) is -3.81. The largest absolute Gasteiger partial charge is 0.399 e. The number of sulfonamides is 1. The SMILES string of the molecule is N#Cc1cc(N)ccc1S(=O)(=O)NCc1cccnn1. The first-order valence-electron chi connectivity index (χ1n) is 5.59. The second-order valence-electron chi connectivity index (χ2n) is 3.91. The number of nitrogen functional groups attached to an aromatic ring is 1. The van der Waals surface area contributed by atoms with Gasteiger partial charge in [-0.25, -0.2) is 13.1 Å². The van der Waals surface area contributed by atoms with Crippen LogP contribution in [0.3, 0.4) is 0 Å². The highest BCUT2D eigenvalue weighted by molar-refractivity contribution is 7.89. The van der Waals surface area contributed by atoms with E-state index in [0.717, 1.165) is 0 Å². The standard InChI is InChI=1S/C12H11N5O2S/c13-7-9-6-10(14)3-4-12(9)20(18,19)16-8-11-2-1-5-15-17-11/h1-6,16H,8,14H2. The number of hydrogen-bond acceptors (Lipinski definition) is 6. The minimum Gasteiger partial charge on any atom is -0.399 e. The number of nitrogens with one attached hydrogen (secondary N) is 1. The van der Waals surface area contributed by atoms with Gasteiger partial charge in [0.1, 0.15) is 6.07 Å². The summed E-state index contributed by atoms with van der Waals surface area (Å²) in [6.45, 7) is -0.00851. The molecule has 1 aromatic carbocycles. The van der Waals surface area contributed by atoms with Crippen molar-refractivity contribution in [3.63, 3.8) is 0 Å². The predicted molar refractivity (Wildman–Crippen MR) is 71.6 cm³/mol. The Labute approximate surface area is 116 Å². The van der Waals surface area contributed by atoms with Crippen LogP contribution in [0.1, 0.15) is 11.3 Å². The van der Waals surface area contributed by atoms with E-state index in [2.05, 4.69) is 14.9 Å². The maximum atomic E-state index is 12.1. The normalized spacial score (nSPS) is 10.9. The van der Waals surface area contributed by atoms with E-state index in [1.54, 1.807) is 12.1 Å². The monoisotopic (exact) mass is 289 g/mol. The van der Waals surface area contributed by atoms with Crippen LogP contribution in [0, 0.1) is 11.3 Å². The van der Waals surface area contributed by atoms with E-state index in [-0.39, 0.29) is 17.0 Å². The fourth-order valence-electron chi connectivity index (χ4n) is 1.54. The molecule has 20 heavy (non-hydrogen) atoms. The lowest BCUT2D eigenvalue weighted by molar-refractivity contribution is 0.579. The van der Waals surface area contributed by atoms with Crippen molar-refractivity contribution in [1.29, 1.82) is 5.26 Å². The van der Waals surface area contributed by atoms with Crippen LogP contribution in [0.25, 0.3) is 0 Å². The van der Waals surface area contributed by atoms with Gasteiger partial charge in [0.25, 0.3) is 0 Å². The molecule has 0 saturated heterocycles. The van der Waals surface area contributed by atoms with Gasteiger partial charge in [0.05, 0.1) is 22.7 Å². The van der Waals surface area contributed by atoms with Gasteiger partial charge in [-0.2, -0.15) is 15.5 Å². The second kappa shape index (κ2) is 5.64. The molecule has 0 aliphatic rings. The maximum absolute atomic E-state index is 12.1. The highest BCUT2D eigenvalue weighted by Crippen LogP contribution is 2.18. The lowest BCUT2D eigenvalue weighted by Crippen LogP contribution is -2.24. The van der Waals surface area contributed by atoms with E-state index >= 15 is 0 Å². The number of aromatic nitrogens is 2. The zero-order valence-corrected chi connectivity index (χ0v) is 11.1. The molecule has 0 fully saturated rings. The van der Waals surface area contributed by atoms with E-state index in [1.165, 1.54) is 24.4 Å². The molecule has 0 aliphatic carbocycles. The van der Waals surface area contributed by atoms with Crippen molar-refractivity contribution < 1.29 is 8.42 Å². The molecule has 7 nitrogen and oxygen atoms in total. The van der Waals surface area contributed by atoms with Crippen LogP contribution >= 0.6 is 0 Å². The van der Waals surface area contributed by atoms with Crippen molar-refractivity contribution in [2.24, 2.45) is 0 Å². The molecule has 0 atom stereocenters. The molecule has 3 N–H and O–H groups in total. The first-order valence-corrected chi connectivity index (χ1v) is 7.07. The van der Waals surface area contributed by atoms with E-state index in [9.17, 15) is 8.42 Å². The number of nitrogens with zero attached hydrogens (tertiary/aromatic N) is 3. The molecule has 0 saturated carbocycles. The molecular formula is C12H11N5O2S. The number of rotatable bonds is 4. The second-order valence-corrected chi connectivity index (χ2v) is 5.64. The number of nitrogens with two attached hydrogens (primary N) is 1. The molecule has 0 spiro atoms. The van der Waals surface area contributed by atoms with Crippen molar-refractivity contribution in [3.05, 3.63) is 47.8 Å². The van der Waals surface area contributed by atoms with Gasteiger partial charge in [-0.05, 0) is 30.3 Å². The summed E-state index contributed by atoms with van der Waals surface area (Å²) in [5, 5.41) is 16.4. The van der Waals surface area contributed by atoms with Crippen molar-refractivity contribution in [2.75, 3.05) is 5.73 Å². The summed E-state index contributed by atoms with van der Waals surface area (Å²) in [6, 6.07) is 9.15. The van der Waals surface area contributed by atoms with Gasteiger partial charge in [0, 0.05) is 11.9 Å². The molecule has 2 rings (SSSR count). The Morgan fingerprint density at radius 3 is 2.80 bits per heavy atom. The van der Waals surface area contributed by atoms with E-state index in [4.69, 9.17) is 11.0 Å². The molecule has 0 aliphatic heterocycles. The Morgan fingerprint density at radius 2 is 2.15 bits per heavy atom. The van der Waals surface area contributed by atoms with Crippen LogP contribution in [0.15, 0.2) is 41.4 Å². The van der Waals surface area contributed by atoms with Gasteiger partial charge in [-0.1, -0.05) is 0 Å². The van der Waals surface area contributed by atoms with Gasteiger partial charge in [-0.3, -0.25) is 0 Å². The van der Waals surface area contributed by atoms with Crippen LogP contribution < -0.4 is 10.5 Å². The fourth-order valence-corrected chi connectivity index (χ4v) is 2.68. The summed E-state index contributed by atoms with van der Waals surface area (Å²) in [6.07, 6.45) is 1.49. The van der Waals surface area contributed by atoms with Crippen LogP contribution in [0.2, 0.25) is 0 Å². The van der Waals surface area contributed by atoms with E-state index in [1.807, 2.05) is 6.07 Å². The average molecular weight is 289 g/mol. The van der Waals surface area contributed by atoms with Crippen molar-refractivity contribution in [3.8, 4) is 6.07 Å². The summed E-state index contributed by atoms with van der Waals surface area (Å²) in [4.78, 5) is -0.113. The highest BCUT2D eigenvalue weighted by atomic mass is 32.2. The highest BCUT2D eigenvalue weighted by Gasteiger charge is 2.18. The van der Waals surface area contributed by atoms with Gasteiger partial charge in [0.15, 0.2) is 0 Å². The summed E-state index contributed by atoms with van der Waals surface area (Å²) in [5.74, 6) is 0. The third-order valence-corrected chi connectivity index (χ3v) is 3.94. The van der Waals surface area contributed by atoms with Crippen LogP contribution in [-0.4, -0.2) is 18.6 Å². The maximum Gasteiger partial charge on any atom is 0.242 e. The first-order chi connectivity index (χ1) is 9.53. The van der Waals surface area contributed by atoms with Crippen molar-refractivity contribution in [2.45, 2.75) is 11.4 Å².